The number of carbonyl (C=O) groups is 1. The Morgan fingerprint density at radius 3 is 2.83 bits per heavy atom. The summed E-state index contributed by atoms with van der Waals surface area (Å²) in [5.74, 6) is 0. The molecule has 0 spiro atoms. The zero-order valence-corrected chi connectivity index (χ0v) is 13.5. The zero-order valence-electron chi connectivity index (χ0n) is 13.5. The van der Waals surface area contributed by atoms with Crippen molar-refractivity contribution in [2.24, 2.45) is 5.41 Å². The predicted octanol–water partition coefficient (Wildman–Crippen LogP) is 2.64. The van der Waals surface area contributed by atoms with Crippen molar-refractivity contribution in [3.05, 3.63) is 28.6 Å². The highest BCUT2D eigenvalue weighted by atomic mass is 16.6. The van der Waals surface area contributed by atoms with Gasteiger partial charge in [0.25, 0.3) is 0 Å². The van der Waals surface area contributed by atoms with Crippen molar-refractivity contribution in [2.75, 3.05) is 11.4 Å². The highest BCUT2D eigenvalue weighted by molar-refractivity contribution is 5.66. The van der Waals surface area contributed by atoms with Crippen molar-refractivity contribution in [2.45, 2.75) is 45.7 Å². The third-order valence-corrected chi connectivity index (χ3v) is 4.18. The standard InChI is InChI=1S/C15H22N4O4/c1-15(2,3)13(17-14(20)21)11-5-4-8-18(11)10-6-7-16-9-12(10)19(22)23/h6-7,9,11,13,17H,4-5,8H2,1-3H3,(H,20,21). The summed E-state index contributed by atoms with van der Waals surface area (Å²) >= 11 is 0. The van der Waals surface area contributed by atoms with Crippen LogP contribution < -0.4 is 10.2 Å². The van der Waals surface area contributed by atoms with E-state index in [1.54, 1.807) is 6.07 Å². The highest BCUT2D eigenvalue weighted by Gasteiger charge is 2.41. The molecule has 2 N–H and O–H groups in total. The van der Waals surface area contributed by atoms with E-state index in [2.05, 4.69) is 10.3 Å². The van der Waals surface area contributed by atoms with E-state index in [1.807, 2.05) is 25.7 Å². The molecule has 2 rings (SSSR count). The third-order valence-electron chi connectivity index (χ3n) is 4.18. The number of aromatic nitrogens is 1. The first-order valence-electron chi connectivity index (χ1n) is 7.56. The van der Waals surface area contributed by atoms with Gasteiger partial charge < -0.3 is 15.3 Å². The minimum absolute atomic E-state index is 0.0533. The molecule has 0 radical (unpaired) electrons. The molecule has 1 aliphatic rings. The Labute approximate surface area is 134 Å². The molecule has 1 aromatic rings. The van der Waals surface area contributed by atoms with Crippen LogP contribution in [0.1, 0.15) is 33.6 Å². The molecule has 0 bridgehead atoms. The van der Waals surface area contributed by atoms with E-state index < -0.39 is 11.0 Å². The van der Waals surface area contributed by atoms with E-state index in [4.69, 9.17) is 5.11 Å². The monoisotopic (exact) mass is 322 g/mol. The van der Waals surface area contributed by atoms with Crippen molar-refractivity contribution in [3.8, 4) is 0 Å². The Morgan fingerprint density at radius 2 is 2.26 bits per heavy atom. The highest BCUT2D eigenvalue weighted by Crippen LogP contribution is 2.37. The number of nitrogens with zero attached hydrogens (tertiary/aromatic N) is 3. The Balaban J connectivity index is 2.39. The molecule has 126 valence electrons. The van der Waals surface area contributed by atoms with Crippen LogP contribution in [-0.4, -0.2) is 39.7 Å². The van der Waals surface area contributed by atoms with Gasteiger partial charge in [0.15, 0.2) is 0 Å². The van der Waals surface area contributed by atoms with Gasteiger partial charge in [-0.25, -0.2) is 4.79 Å². The molecular weight excluding hydrogens is 300 g/mol. The molecule has 8 nitrogen and oxygen atoms in total. The number of rotatable bonds is 4. The lowest BCUT2D eigenvalue weighted by molar-refractivity contribution is -0.384. The summed E-state index contributed by atoms with van der Waals surface area (Å²) in [5.41, 5.74) is 0.129. The molecular formula is C15H22N4O4. The van der Waals surface area contributed by atoms with Crippen LogP contribution in [0.5, 0.6) is 0 Å². The van der Waals surface area contributed by atoms with Crippen molar-refractivity contribution in [1.82, 2.24) is 10.3 Å². The fraction of sp³-hybridized carbons (Fsp3) is 0.600. The number of carboxylic acid groups (broad SMARTS) is 1. The molecule has 0 saturated carbocycles. The first kappa shape index (κ1) is 17.0. The summed E-state index contributed by atoms with van der Waals surface area (Å²) < 4.78 is 0. The zero-order chi connectivity index (χ0) is 17.2. The second-order valence-electron chi connectivity index (χ2n) is 6.82. The number of amides is 1. The number of anilines is 1. The Bertz CT molecular complexity index is 599. The summed E-state index contributed by atoms with van der Waals surface area (Å²) in [7, 11) is 0. The molecule has 1 saturated heterocycles. The summed E-state index contributed by atoms with van der Waals surface area (Å²) in [5, 5.41) is 23.0. The molecule has 2 heterocycles. The molecule has 8 heteroatoms. The molecule has 1 amide bonds. The maximum atomic E-state index is 11.3. The van der Waals surface area contributed by atoms with Crippen LogP contribution >= 0.6 is 0 Å². The van der Waals surface area contributed by atoms with E-state index in [1.165, 1.54) is 12.4 Å². The van der Waals surface area contributed by atoms with Gasteiger partial charge in [0.05, 0.1) is 17.0 Å². The van der Waals surface area contributed by atoms with Crippen molar-refractivity contribution in [3.63, 3.8) is 0 Å². The lowest BCUT2D eigenvalue weighted by Crippen LogP contribution is -2.55. The second kappa shape index (κ2) is 6.39. The van der Waals surface area contributed by atoms with Gasteiger partial charge >= 0.3 is 11.8 Å². The lowest BCUT2D eigenvalue weighted by Gasteiger charge is -2.40. The van der Waals surface area contributed by atoms with Crippen LogP contribution in [0.15, 0.2) is 18.5 Å². The van der Waals surface area contributed by atoms with Crippen LogP contribution in [0.25, 0.3) is 0 Å². The number of hydrogen-bond donors (Lipinski definition) is 2. The minimum Gasteiger partial charge on any atom is -0.465 e. The lowest BCUT2D eigenvalue weighted by atomic mass is 9.81. The van der Waals surface area contributed by atoms with Crippen LogP contribution in [0.4, 0.5) is 16.2 Å². The molecule has 2 unspecified atom stereocenters. The maximum absolute atomic E-state index is 11.3. The number of nitro groups is 1. The average molecular weight is 322 g/mol. The van der Waals surface area contributed by atoms with Gasteiger partial charge in [-0.15, -0.1) is 0 Å². The predicted molar refractivity (Wildman–Crippen MR) is 85.7 cm³/mol. The van der Waals surface area contributed by atoms with Crippen LogP contribution in [0, 0.1) is 15.5 Å². The van der Waals surface area contributed by atoms with Gasteiger partial charge in [-0.3, -0.25) is 15.1 Å². The molecule has 2 atom stereocenters. The molecule has 0 aliphatic carbocycles. The molecule has 23 heavy (non-hydrogen) atoms. The van der Waals surface area contributed by atoms with Crippen LogP contribution in [-0.2, 0) is 0 Å². The van der Waals surface area contributed by atoms with E-state index in [0.717, 1.165) is 12.8 Å². The molecule has 1 fully saturated rings. The van der Waals surface area contributed by atoms with Gasteiger partial charge in [0.2, 0.25) is 0 Å². The van der Waals surface area contributed by atoms with Gasteiger partial charge in [0.1, 0.15) is 11.9 Å². The second-order valence-corrected chi connectivity index (χ2v) is 6.82. The Morgan fingerprint density at radius 1 is 1.57 bits per heavy atom. The molecule has 1 aromatic heterocycles. The maximum Gasteiger partial charge on any atom is 0.404 e. The first-order chi connectivity index (χ1) is 10.7. The quantitative estimate of drug-likeness (QED) is 0.651. The molecule has 1 aliphatic heterocycles. The third kappa shape index (κ3) is 3.69. The van der Waals surface area contributed by atoms with E-state index >= 15 is 0 Å². The minimum atomic E-state index is -1.08. The van der Waals surface area contributed by atoms with Crippen LogP contribution in [0.2, 0.25) is 0 Å². The Kier molecular flexibility index (Phi) is 4.72. The first-order valence-corrected chi connectivity index (χ1v) is 7.56. The summed E-state index contributed by atoms with van der Waals surface area (Å²) in [6.07, 6.45) is 3.32. The van der Waals surface area contributed by atoms with Gasteiger partial charge in [-0.2, -0.15) is 0 Å². The average Bonchev–Trinajstić information content (AvgIpc) is 2.92. The van der Waals surface area contributed by atoms with Gasteiger partial charge in [-0.1, -0.05) is 20.8 Å². The van der Waals surface area contributed by atoms with Crippen LogP contribution in [0.3, 0.4) is 0 Å². The van der Waals surface area contributed by atoms with E-state index in [0.29, 0.717) is 12.2 Å². The fourth-order valence-electron chi connectivity index (χ4n) is 3.22. The SMILES string of the molecule is CC(C)(C)C(NC(=O)O)C1CCCN1c1ccncc1[N+](=O)[O-]. The van der Waals surface area contributed by atoms with Gasteiger partial charge in [0, 0.05) is 12.7 Å². The number of nitrogens with one attached hydrogen (secondary N) is 1. The number of hydrogen-bond acceptors (Lipinski definition) is 5. The van der Waals surface area contributed by atoms with E-state index in [-0.39, 0.29) is 23.2 Å². The van der Waals surface area contributed by atoms with Crippen molar-refractivity contribution >= 4 is 17.5 Å². The molecule has 0 aromatic carbocycles. The Hall–Kier alpha value is -2.38. The summed E-state index contributed by atoms with van der Waals surface area (Å²) in [4.78, 5) is 27.8. The largest absolute Gasteiger partial charge is 0.465 e. The van der Waals surface area contributed by atoms with Gasteiger partial charge in [-0.05, 0) is 24.3 Å². The summed E-state index contributed by atoms with van der Waals surface area (Å²) in [6, 6.07) is 1.15. The topological polar surface area (TPSA) is 109 Å². The normalized spacial score (nSPS) is 19.4. The number of pyridine rings is 1. The van der Waals surface area contributed by atoms with Crippen molar-refractivity contribution in [1.29, 1.82) is 0 Å². The fourth-order valence-corrected chi connectivity index (χ4v) is 3.22. The smallest absolute Gasteiger partial charge is 0.404 e. The van der Waals surface area contributed by atoms with Crippen molar-refractivity contribution < 1.29 is 14.8 Å². The van der Waals surface area contributed by atoms with E-state index in [9.17, 15) is 14.9 Å². The summed E-state index contributed by atoms with van der Waals surface area (Å²) in [6.45, 7) is 6.55.